The molecule has 0 aliphatic carbocycles. The molecule has 0 aromatic carbocycles. The molecular weight excluding hydrogens is 222 g/mol. The van der Waals surface area contributed by atoms with Crippen LogP contribution in [0.15, 0.2) is 24.5 Å². The molecule has 1 rings (SSSR count). The molecule has 3 nitrogen and oxygen atoms in total. The number of rotatable bonds is 7. The lowest BCUT2D eigenvalue weighted by atomic mass is 9.89. The van der Waals surface area contributed by atoms with Crippen LogP contribution in [0, 0.1) is 16.7 Å². The average Bonchev–Trinajstić information content (AvgIpc) is 2.39. The van der Waals surface area contributed by atoms with Crippen LogP contribution < -0.4 is 5.32 Å². The van der Waals surface area contributed by atoms with Gasteiger partial charge in [0.1, 0.15) is 0 Å². The fraction of sp³-hybridized carbons (Fsp3) is 0.600. The number of pyridine rings is 1. The molecule has 1 atom stereocenters. The van der Waals surface area contributed by atoms with Crippen molar-refractivity contribution < 1.29 is 0 Å². The zero-order valence-electron chi connectivity index (χ0n) is 11.6. The van der Waals surface area contributed by atoms with E-state index in [0.717, 1.165) is 25.8 Å². The van der Waals surface area contributed by atoms with Gasteiger partial charge < -0.3 is 5.32 Å². The van der Waals surface area contributed by atoms with Crippen LogP contribution >= 0.6 is 0 Å². The Morgan fingerprint density at radius 2 is 2.22 bits per heavy atom. The summed E-state index contributed by atoms with van der Waals surface area (Å²) in [6.45, 7) is 7.13. The molecule has 3 heteroatoms. The SMILES string of the molecule is CC(NCCCCC(C)(C)C#N)c1cccnc1. The first-order valence-electron chi connectivity index (χ1n) is 6.60. The number of nitrogens with one attached hydrogen (secondary N) is 1. The highest BCUT2D eigenvalue weighted by Gasteiger charge is 2.15. The minimum atomic E-state index is -0.186. The van der Waals surface area contributed by atoms with Gasteiger partial charge in [0.25, 0.3) is 0 Å². The van der Waals surface area contributed by atoms with E-state index >= 15 is 0 Å². The lowest BCUT2D eigenvalue weighted by molar-refractivity contribution is 0.418. The minimum absolute atomic E-state index is 0.186. The Labute approximate surface area is 110 Å². The van der Waals surface area contributed by atoms with E-state index in [-0.39, 0.29) is 5.41 Å². The minimum Gasteiger partial charge on any atom is -0.310 e. The molecule has 0 spiro atoms. The smallest absolute Gasteiger partial charge is 0.0683 e. The van der Waals surface area contributed by atoms with Crippen molar-refractivity contribution in [3.05, 3.63) is 30.1 Å². The van der Waals surface area contributed by atoms with Crippen molar-refractivity contribution in [3.8, 4) is 6.07 Å². The van der Waals surface area contributed by atoms with Gasteiger partial charge in [-0.05, 0) is 51.8 Å². The highest BCUT2D eigenvalue weighted by atomic mass is 14.9. The largest absolute Gasteiger partial charge is 0.310 e. The molecule has 1 unspecified atom stereocenters. The Hall–Kier alpha value is -1.40. The third-order valence-corrected chi connectivity index (χ3v) is 3.17. The van der Waals surface area contributed by atoms with Gasteiger partial charge in [0.05, 0.1) is 11.5 Å². The summed E-state index contributed by atoms with van der Waals surface area (Å²) in [5.41, 5.74) is 1.03. The fourth-order valence-electron chi connectivity index (χ4n) is 1.82. The van der Waals surface area contributed by atoms with Crippen molar-refractivity contribution in [1.82, 2.24) is 10.3 Å². The maximum absolute atomic E-state index is 8.91. The molecule has 98 valence electrons. The quantitative estimate of drug-likeness (QED) is 0.748. The molecule has 0 amide bonds. The molecule has 0 aliphatic rings. The molecule has 0 saturated carbocycles. The summed E-state index contributed by atoms with van der Waals surface area (Å²) in [7, 11) is 0. The van der Waals surface area contributed by atoms with E-state index < -0.39 is 0 Å². The summed E-state index contributed by atoms with van der Waals surface area (Å²) in [5.74, 6) is 0. The molecule has 0 bridgehead atoms. The lowest BCUT2D eigenvalue weighted by Crippen LogP contribution is -2.20. The van der Waals surface area contributed by atoms with E-state index in [0.29, 0.717) is 6.04 Å². The van der Waals surface area contributed by atoms with Crippen LogP contribution in [0.4, 0.5) is 0 Å². The topological polar surface area (TPSA) is 48.7 Å². The van der Waals surface area contributed by atoms with E-state index in [9.17, 15) is 0 Å². The van der Waals surface area contributed by atoms with Gasteiger partial charge in [-0.25, -0.2) is 0 Å². The summed E-state index contributed by atoms with van der Waals surface area (Å²) >= 11 is 0. The van der Waals surface area contributed by atoms with Crippen LogP contribution in [0.1, 0.15) is 51.6 Å². The predicted molar refractivity (Wildman–Crippen MR) is 73.9 cm³/mol. The summed E-state index contributed by atoms with van der Waals surface area (Å²) in [4.78, 5) is 4.12. The van der Waals surface area contributed by atoms with Crippen LogP contribution in [-0.4, -0.2) is 11.5 Å². The molecule has 1 aromatic heterocycles. The Bertz CT molecular complexity index is 378. The monoisotopic (exact) mass is 245 g/mol. The normalized spacial score (nSPS) is 13.0. The summed E-state index contributed by atoms with van der Waals surface area (Å²) < 4.78 is 0. The summed E-state index contributed by atoms with van der Waals surface area (Å²) in [6, 6.07) is 6.72. The van der Waals surface area contributed by atoms with Crippen molar-refractivity contribution in [2.75, 3.05) is 6.54 Å². The molecule has 1 N–H and O–H groups in total. The van der Waals surface area contributed by atoms with Gasteiger partial charge in [0, 0.05) is 18.4 Å². The second-order valence-electron chi connectivity index (χ2n) is 5.41. The number of nitriles is 1. The van der Waals surface area contributed by atoms with Gasteiger partial charge in [-0.3, -0.25) is 4.98 Å². The molecular formula is C15H23N3. The molecule has 1 aromatic rings. The Morgan fingerprint density at radius 3 is 2.83 bits per heavy atom. The van der Waals surface area contributed by atoms with E-state index in [2.05, 4.69) is 29.4 Å². The first-order chi connectivity index (χ1) is 8.55. The van der Waals surface area contributed by atoms with Crippen molar-refractivity contribution in [2.45, 2.75) is 46.1 Å². The molecule has 0 aliphatic heterocycles. The predicted octanol–water partition coefficient (Wildman–Crippen LogP) is 3.45. The van der Waals surface area contributed by atoms with Gasteiger partial charge in [0.2, 0.25) is 0 Å². The second-order valence-corrected chi connectivity index (χ2v) is 5.41. The van der Waals surface area contributed by atoms with Crippen LogP contribution in [0.2, 0.25) is 0 Å². The van der Waals surface area contributed by atoms with Gasteiger partial charge >= 0.3 is 0 Å². The number of hydrogen-bond acceptors (Lipinski definition) is 3. The van der Waals surface area contributed by atoms with Crippen LogP contribution in [0.25, 0.3) is 0 Å². The summed E-state index contributed by atoms with van der Waals surface area (Å²) in [5, 5.41) is 12.4. The third-order valence-electron chi connectivity index (χ3n) is 3.17. The average molecular weight is 245 g/mol. The van der Waals surface area contributed by atoms with Crippen LogP contribution in [-0.2, 0) is 0 Å². The number of unbranched alkanes of at least 4 members (excludes halogenated alkanes) is 1. The molecule has 1 heterocycles. The van der Waals surface area contributed by atoms with Gasteiger partial charge in [-0.15, -0.1) is 0 Å². The van der Waals surface area contributed by atoms with Gasteiger partial charge in [0.15, 0.2) is 0 Å². The highest BCUT2D eigenvalue weighted by molar-refractivity contribution is 5.12. The van der Waals surface area contributed by atoms with E-state index in [1.165, 1.54) is 5.56 Å². The van der Waals surface area contributed by atoms with E-state index in [1.54, 1.807) is 6.20 Å². The Kier molecular flexibility index (Phi) is 5.80. The zero-order valence-corrected chi connectivity index (χ0v) is 11.6. The van der Waals surface area contributed by atoms with Crippen molar-refractivity contribution in [1.29, 1.82) is 5.26 Å². The highest BCUT2D eigenvalue weighted by Crippen LogP contribution is 2.21. The standard InChI is InChI=1S/C15H23N3/c1-13(14-7-6-9-17-11-14)18-10-5-4-8-15(2,3)12-16/h6-7,9,11,13,18H,4-5,8,10H2,1-3H3. The van der Waals surface area contributed by atoms with Crippen molar-refractivity contribution >= 4 is 0 Å². The maximum atomic E-state index is 8.91. The van der Waals surface area contributed by atoms with E-state index in [4.69, 9.17) is 5.26 Å². The molecule has 0 fully saturated rings. The molecule has 0 radical (unpaired) electrons. The first kappa shape index (κ1) is 14.7. The third kappa shape index (κ3) is 5.29. The van der Waals surface area contributed by atoms with E-state index in [1.807, 2.05) is 26.1 Å². The summed E-state index contributed by atoms with van der Waals surface area (Å²) in [6.07, 6.45) is 6.85. The fourth-order valence-corrected chi connectivity index (χ4v) is 1.82. The van der Waals surface area contributed by atoms with Crippen molar-refractivity contribution in [2.24, 2.45) is 5.41 Å². The van der Waals surface area contributed by atoms with Crippen LogP contribution in [0.3, 0.4) is 0 Å². The second kappa shape index (κ2) is 7.13. The van der Waals surface area contributed by atoms with Gasteiger partial charge in [-0.2, -0.15) is 5.26 Å². The maximum Gasteiger partial charge on any atom is 0.0683 e. The Balaban J connectivity index is 2.18. The molecule has 18 heavy (non-hydrogen) atoms. The molecule has 0 saturated heterocycles. The number of aromatic nitrogens is 1. The first-order valence-corrected chi connectivity index (χ1v) is 6.60. The number of nitrogens with zero attached hydrogens (tertiary/aromatic N) is 2. The van der Waals surface area contributed by atoms with Crippen LogP contribution in [0.5, 0.6) is 0 Å². The lowest BCUT2D eigenvalue weighted by Gasteiger charge is -2.16. The number of hydrogen-bond donors (Lipinski definition) is 1. The van der Waals surface area contributed by atoms with Gasteiger partial charge in [-0.1, -0.05) is 12.5 Å². The zero-order chi connectivity index (χ0) is 13.4. The Morgan fingerprint density at radius 1 is 1.44 bits per heavy atom. The van der Waals surface area contributed by atoms with Crippen molar-refractivity contribution in [3.63, 3.8) is 0 Å².